The monoisotopic (exact) mass is 806 g/mol. The summed E-state index contributed by atoms with van der Waals surface area (Å²) < 4.78 is 9.19. The zero-order chi connectivity index (χ0) is 33.9. The molecule has 6 heteroatoms. The fourth-order valence-corrected chi connectivity index (χ4v) is 26.0. The van der Waals surface area contributed by atoms with Crippen molar-refractivity contribution in [3.63, 3.8) is 0 Å². The summed E-state index contributed by atoms with van der Waals surface area (Å²) in [4.78, 5) is 5.41. The van der Waals surface area contributed by atoms with Crippen LogP contribution in [0.4, 0.5) is 11.4 Å². The third-order valence-corrected chi connectivity index (χ3v) is 26.2. The van der Waals surface area contributed by atoms with Gasteiger partial charge in [0, 0.05) is 0 Å². The molecule has 0 saturated carbocycles. The number of para-hydroxylation sites is 2. The molecule has 2 aromatic rings. The minimum absolute atomic E-state index is 0. The Morgan fingerprint density at radius 2 is 0.920 bits per heavy atom. The van der Waals surface area contributed by atoms with Gasteiger partial charge in [0.1, 0.15) is 0 Å². The molecule has 0 aromatic heterocycles. The van der Waals surface area contributed by atoms with Gasteiger partial charge in [-0.3, -0.25) is 0 Å². The summed E-state index contributed by atoms with van der Waals surface area (Å²) >= 11 is -3.88. The van der Waals surface area contributed by atoms with E-state index in [-0.39, 0.29) is 24.8 Å². The first-order valence-electron chi connectivity index (χ1n) is 19.3. The van der Waals surface area contributed by atoms with E-state index in [1.165, 1.54) is 99.8 Å². The van der Waals surface area contributed by atoms with Crippen LogP contribution < -0.4 is 9.80 Å². The summed E-state index contributed by atoms with van der Waals surface area (Å²) in [6.07, 6.45) is 25.5. The molecule has 0 fully saturated rings. The van der Waals surface area contributed by atoms with Crippen LogP contribution in [0.1, 0.15) is 105 Å². The first-order chi connectivity index (χ1) is 23.2. The Labute approximate surface area is 319 Å². The molecule has 2 aromatic carbocycles. The molecule has 270 valence electrons. The van der Waals surface area contributed by atoms with E-state index >= 15 is 0 Å². The van der Waals surface area contributed by atoms with Crippen LogP contribution in [0.3, 0.4) is 0 Å². The number of anilines is 2. The third-order valence-electron chi connectivity index (χ3n) is 11.2. The van der Waals surface area contributed by atoms with E-state index in [0.717, 1.165) is 0 Å². The van der Waals surface area contributed by atoms with Crippen LogP contribution in [0.5, 0.6) is 0 Å². The van der Waals surface area contributed by atoms with Crippen LogP contribution in [0.25, 0.3) is 0 Å². The molecule has 0 spiro atoms. The van der Waals surface area contributed by atoms with Gasteiger partial charge >= 0.3 is 297 Å². The van der Waals surface area contributed by atoms with Crippen molar-refractivity contribution in [2.24, 2.45) is 0 Å². The predicted octanol–water partition coefficient (Wildman–Crippen LogP) is 12.9. The summed E-state index contributed by atoms with van der Waals surface area (Å²) in [6.45, 7) is 11.9. The van der Waals surface area contributed by atoms with Gasteiger partial charge in [0.05, 0.1) is 0 Å². The van der Waals surface area contributed by atoms with Crippen molar-refractivity contribution in [2.75, 3.05) is 9.80 Å². The maximum Gasteiger partial charge on any atom is -0.147 e. The summed E-state index contributed by atoms with van der Waals surface area (Å²) in [7, 11) is 0. The maximum absolute atomic E-state index is 3.88. The first-order valence-corrected chi connectivity index (χ1v) is 32.6. The van der Waals surface area contributed by atoms with Gasteiger partial charge in [0.2, 0.25) is 0 Å². The number of benzene rings is 2. The van der Waals surface area contributed by atoms with Crippen molar-refractivity contribution in [3.8, 4) is 0 Å². The Morgan fingerprint density at radius 1 is 0.560 bits per heavy atom. The Hall–Kier alpha value is -1.84. The van der Waals surface area contributed by atoms with Crippen LogP contribution in [-0.4, -0.2) is 19.0 Å². The van der Waals surface area contributed by atoms with Crippen molar-refractivity contribution < 1.29 is 17.4 Å². The average Bonchev–Trinajstić information content (AvgIpc) is 3.82. The zero-order valence-corrected chi connectivity index (χ0v) is 37.1. The molecule has 2 nitrogen and oxygen atoms in total. The minimum atomic E-state index is -3.88. The molecule has 2 unspecified atom stereocenters. The molecule has 50 heavy (non-hydrogen) atoms. The zero-order valence-electron chi connectivity index (χ0n) is 31.6. The summed E-state index contributed by atoms with van der Waals surface area (Å²) in [5, 5.41) is 0. The van der Waals surface area contributed by atoms with Gasteiger partial charge in [-0.1, -0.05) is 0 Å². The quantitative estimate of drug-likeness (QED) is 0.156. The van der Waals surface area contributed by atoms with Crippen molar-refractivity contribution in [3.05, 3.63) is 125 Å². The van der Waals surface area contributed by atoms with E-state index in [0.29, 0.717) is 12.1 Å². The molecular formula is C44H62Cl2N2SiZr. The second-order valence-corrected chi connectivity index (χ2v) is 44.0. The van der Waals surface area contributed by atoms with E-state index in [1.807, 2.05) is 0 Å². The molecule has 6 rings (SSSR count). The fraction of sp³-hybridized carbons (Fsp3) is 0.455. The Kier molecular flexibility index (Phi) is 14.2. The largest absolute Gasteiger partial charge is 0.147 e. The van der Waals surface area contributed by atoms with Crippen LogP contribution >= 0.6 is 24.8 Å². The standard InChI is InChI=1S/2C21H26N.2CH3.2ClH.H2Si.Zr/c2*1-3-5-10-17-14-18-16-20(11-6-4-2)22(21(18)15-17)19-12-8-7-9-13-19;;;;;;/h2*7-9,12-13,15-16,20H,3-6,10-11H2,1-2H3;2*1H3;2*1H;1H2;. The first kappa shape index (κ1) is 40.9. The smallest absolute Gasteiger partial charge is 0.147 e. The normalized spacial score (nSPS) is 19.9. The topological polar surface area (TPSA) is 6.48 Å². The molecule has 0 amide bonds. The minimum Gasteiger partial charge on any atom is -0.147 e. The molecule has 4 aliphatic rings. The number of hydrogen-bond donors (Lipinski definition) is 0. The van der Waals surface area contributed by atoms with Gasteiger partial charge < -0.3 is 0 Å². The van der Waals surface area contributed by atoms with Gasteiger partial charge in [-0.25, -0.2) is 0 Å². The van der Waals surface area contributed by atoms with Crippen molar-refractivity contribution in [1.29, 1.82) is 0 Å². The van der Waals surface area contributed by atoms with Crippen LogP contribution in [0.2, 0.25) is 9.26 Å². The van der Waals surface area contributed by atoms with Crippen LogP contribution in [0.15, 0.2) is 125 Å². The molecule has 2 aliphatic heterocycles. The predicted molar refractivity (Wildman–Crippen MR) is 225 cm³/mol. The number of unbranched alkanes of at least 4 members (excludes halogenated alkanes) is 4. The van der Waals surface area contributed by atoms with Crippen LogP contribution in [-0.2, 0) is 17.4 Å². The van der Waals surface area contributed by atoms with Gasteiger partial charge in [-0.05, 0) is 0 Å². The molecule has 0 saturated heterocycles. The molecule has 2 atom stereocenters. The third kappa shape index (κ3) is 7.76. The second kappa shape index (κ2) is 17.3. The Bertz CT molecular complexity index is 1640. The summed E-state index contributed by atoms with van der Waals surface area (Å²) in [6, 6.07) is 23.3. The van der Waals surface area contributed by atoms with Crippen LogP contribution in [0, 0.1) is 0 Å². The van der Waals surface area contributed by atoms with E-state index < -0.39 is 17.4 Å². The number of rotatable bonds is 16. The van der Waals surface area contributed by atoms with E-state index in [1.54, 1.807) is 28.9 Å². The molecule has 0 bridgehead atoms. The molecule has 2 heterocycles. The number of fused-ring (bicyclic) bond motifs is 2. The van der Waals surface area contributed by atoms with Gasteiger partial charge in [0.25, 0.3) is 0 Å². The SMILES string of the molecule is CCCCC1=[C]([Zr]([CH3])([CH3])(=[SiH2])[C]2=C(CCCC)C=C3C2=CC(CCCC)N3c2ccccc2)C2=CC(CCCC)N(c3ccccc3)C2=C1.Cl.Cl. The Morgan fingerprint density at radius 3 is 1.26 bits per heavy atom. The Balaban J connectivity index is 0.00000281. The number of hydrogen-bond acceptors (Lipinski definition) is 2. The number of allylic oxidation sites excluding steroid dienone is 6. The maximum atomic E-state index is 2.80. The van der Waals surface area contributed by atoms with E-state index in [2.05, 4.69) is 139 Å². The number of nitrogens with zero attached hydrogens (tertiary/aromatic N) is 2. The van der Waals surface area contributed by atoms with Gasteiger partial charge in [-0.2, -0.15) is 0 Å². The number of halogens is 2. The van der Waals surface area contributed by atoms with Crippen molar-refractivity contribution in [2.45, 2.75) is 126 Å². The summed E-state index contributed by atoms with van der Waals surface area (Å²) in [5.41, 5.74) is 12.1. The second-order valence-electron chi connectivity index (χ2n) is 15.7. The van der Waals surface area contributed by atoms with E-state index in [4.69, 9.17) is 0 Å². The van der Waals surface area contributed by atoms with Gasteiger partial charge in [0.15, 0.2) is 0 Å². The molecular weight excluding hydrogens is 747 g/mol. The fourth-order valence-electron chi connectivity index (χ4n) is 9.10. The van der Waals surface area contributed by atoms with Crippen molar-refractivity contribution >= 4 is 43.1 Å². The average molecular weight is 809 g/mol. The molecule has 0 N–H and O–H groups in total. The van der Waals surface area contributed by atoms with E-state index in [9.17, 15) is 0 Å². The summed E-state index contributed by atoms with van der Waals surface area (Å²) in [5.74, 6) is 0. The molecule has 2 aliphatic carbocycles. The van der Waals surface area contributed by atoms with Gasteiger partial charge in [-0.15, -0.1) is 24.8 Å². The molecule has 0 radical (unpaired) electrons. The van der Waals surface area contributed by atoms with Crippen molar-refractivity contribution in [1.82, 2.24) is 0 Å².